The highest BCUT2D eigenvalue weighted by Crippen LogP contribution is 2.26. The van der Waals surface area contributed by atoms with Crippen LogP contribution in [0.25, 0.3) is 22.4 Å². The first-order valence-electron chi connectivity index (χ1n) is 6.79. The molecule has 1 N–H and O–H groups in total. The van der Waals surface area contributed by atoms with Crippen LogP contribution in [0.1, 0.15) is 11.1 Å². The molecule has 0 atom stereocenters. The summed E-state index contributed by atoms with van der Waals surface area (Å²) in [5, 5.41) is 0. The van der Waals surface area contributed by atoms with E-state index in [9.17, 15) is 0 Å². The normalized spacial score (nSPS) is 11.0. The third-order valence-corrected chi connectivity index (χ3v) is 3.56. The molecule has 0 aliphatic carbocycles. The molecule has 0 saturated heterocycles. The van der Waals surface area contributed by atoms with Crippen molar-refractivity contribution in [3.63, 3.8) is 0 Å². The molecular formula is C17H19N3. The number of aromatic amines is 1. The van der Waals surface area contributed by atoms with E-state index in [4.69, 9.17) is 4.98 Å². The van der Waals surface area contributed by atoms with E-state index in [1.807, 2.05) is 14.1 Å². The van der Waals surface area contributed by atoms with Crippen molar-refractivity contribution in [3.05, 3.63) is 47.5 Å². The van der Waals surface area contributed by atoms with E-state index in [-0.39, 0.29) is 0 Å². The molecule has 3 nitrogen and oxygen atoms in total. The molecule has 0 aliphatic rings. The van der Waals surface area contributed by atoms with Gasteiger partial charge in [-0.2, -0.15) is 0 Å². The van der Waals surface area contributed by atoms with Crippen LogP contribution >= 0.6 is 0 Å². The Morgan fingerprint density at radius 3 is 2.60 bits per heavy atom. The minimum absolute atomic E-state index is 0.928. The summed E-state index contributed by atoms with van der Waals surface area (Å²) in [4.78, 5) is 10.3. The summed E-state index contributed by atoms with van der Waals surface area (Å²) in [6.45, 7) is 4.22. The van der Waals surface area contributed by atoms with Crippen molar-refractivity contribution in [1.82, 2.24) is 9.97 Å². The van der Waals surface area contributed by atoms with Crippen LogP contribution in [0.2, 0.25) is 0 Å². The van der Waals surface area contributed by atoms with Gasteiger partial charge in [0.15, 0.2) is 0 Å². The summed E-state index contributed by atoms with van der Waals surface area (Å²) >= 11 is 0. The molecule has 0 radical (unpaired) electrons. The second kappa shape index (κ2) is 4.67. The van der Waals surface area contributed by atoms with Gasteiger partial charge >= 0.3 is 0 Å². The highest BCUT2D eigenvalue weighted by atomic mass is 15.1. The molecule has 20 heavy (non-hydrogen) atoms. The first-order valence-corrected chi connectivity index (χ1v) is 6.79. The molecular weight excluding hydrogens is 246 g/mol. The molecule has 102 valence electrons. The predicted molar refractivity (Wildman–Crippen MR) is 85.3 cm³/mol. The van der Waals surface area contributed by atoms with Crippen molar-refractivity contribution in [2.24, 2.45) is 0 Å². The van der Waals surface area contributed by atoms with E-state index in [1.165, 1.54) is 16.8 Å². The van der Waals surface area contributed by atoms with Crippen LogP contribution in [-0.4, -0.2) is 24.1 Å². The number of hydrogen-bond acceptors (Lipinski definition) is 2. The number of anilines is 1. The maximum absolute atomic E-state index is 4.75. The maximum atomic E-state index is 4.75. The first-order chi connectivity index (χ1) is 9.54. The van der Waals surface area contributed by atoms with Gasteiger partial charge in [-0.3, -0.25) is 0 Å². The van der Waals surface area contributed by atoms with Gasteiger partial charge in [-0.05, 0) is 43.2 Å². The maximum Gasteiger partial charge on any atom is 0.138 e. The Kier molecular flexibility index (Phi) is 2.97. The third-order valence-electron chi connectivity index (χ3n) is 3.56. The second-order valence-electron chi connectivity index (χ2n) is 5.51. The van der Waals surface area contributed by atoms with Crippen molar-refractivity contribution in [3.8, 4) is 11.4 Å². The third kappa shape index (κ3) is 2.16. The number of nitrogens with one attached hydrogen (secondary N) is 1. The second-order valence-corrected chi connectivity index (χ2v) is 5.51. The van der Waals surface area contributed by atoms with Gasteiger partial charge in [0.25, 0.3) is 0 Å². The SMILES string of the molecule is Cc1cc(C)c2nc(-c3cccc(N(C)C)c3)[nH]c2c1. The number of hydrogen-bond donors (Lipinski definition) is 1. The Bertz CT molecular complexity index is 769. The number of aromatic nitrogens is 2. The van der Waals surface area contributed by atoms with E-state index < -0.39 is 0 Å². The Morgan fingerprint density at radius 2 is 1.85 bits per heavy atom. The Balaban J connectivity index is 2.15. The fraction of sp³-hybridized carbons (Fsp3) is 0.235. The summed E-state index contributed by atoms with van der Waals surface area (Å²) in [6.07, 6.45) is 0. The first kappa shape index (κ1) is 12.7. The number of fused-ring (bicyclic) bond motifs is 1. The van der Waals surface area contributed by atoms with Crippen LogP contribution in [-0.2, 0) is 0 Å². The van der Waals surface area contributed by atoms with Crippen molar-refractivity contribution >= 4 is 16.7 Å². The minimum Gasteiger partial charge on any atom is -0.378 e. The van der Waals surface area contributed by atoms with E-state index in [0.29, 0.717) is 0 Å². The lowest BCUT2D eigenvalue weighted by Crippen LogP contribution is -2.08. The molecule has 0 unspecified atom stereocenters. The lowest BCUT2D eigenvalue weighted by molar-refractivity contribution is 1.13. The highest BCUT2D eigenvalue weighted by molar-refractivity contribution is 5.83. The topological polar surface area (TPSA) is 31.9 Å². The van der Waals surface area contributed by atoms with E-state index in [0.717, 1.165) is 22.4 Å². The van der Waals surface area contributed by atoms with Crippen LogP contribution in [0.3, 0.4) is 0 Å². The number of H-pyrrole nitrogens is 1. The summed E-state index contributed by atoms with van der Waals surface area (Å²) < 4.78 is 0. The van der Waals surface area contributed by atoms with Crippen molar-refractivity contribution in [2.45, 2.75) is 13.8 Å². The fourth-order valence-corrected chi connectivity index (χ4v) is 2.54. The molecule has 3 aromatic rings. The molecule has 1 aromatic heterocycles. The highest BCUT2D eigenvalue weighted by Gasteiger charge is 2.08. The van der Waals surface area contributed by atoms with Gasteiger partial charge in [0, 0.05) is 25.3 Å². The minimum atomic E-state index is 0.928. The zero-order valence-corrected chi connectivity index (χ0v) is 12.4. The number of imidazole rings is 1. The Labute approximate surface area is 119 Å². The van der Waals surface area contributed by atoms with Gasteiger partial charge in [-0.25, -0.2) is 4.98 Å². The smallest absolute Gasteiger partial charge is 0.138 e. The molecule has 3 rings (SSSR count). The van der Waals surface area contributed by atoms with Crippen molar-refractivity contribution in [2.75, 3.05) is 19.0 Å². The average Bonchev–Trinajstić information content (AvgIpc) is 2.83. The molecule has 0 spiro atoms. The fourth-order valence-electron chi connectivity index (χ4n) is 2.54. The lowest BCUT2D eigenvalue weighted by Gasteiger charge is -2.12. The molecule has 1 heterocycles. The molecule has 2 aromatic carbocycles. The van der Waals surface area contributed by atoms with E-state index in [1.54, 1.807) is 0 Å². The molecule has 0 saturated carbocycles. The number of nitrogens with zero attached hydrogens (tertiary/aromatic N) is 2. The largest absolute Gasteiger partial charge is 0.378 e. The van der Waals surface area contributed by atoms with Crippen LogP contribution in [0, 0.1) is 13.8 Å². The van der Waals surface area contributed by atoms with E-state index in [2.05, 4.69) is 60.1 Å². The van der Waals surface area contributed by atoms with Gasteiger partial charge in [0.05, 0.1) is 11.0 Å². The van der Waals surface area contributed by atoms with Crippen LogP contribution < -0.4 is 4.90 Å². The standard InChI is InChI=1S/C17H19N3/c1-11-8-12(2)16-15(9-11)18-17(19-16)13-6-5-7-14(10-13)20(3)4/h5-10H,1-4H3,(H,18,19). The van der Waals surface area contributed by atoms with Crippen LogP contribution in [0.4, 0.5) is 5.69 Å². The number of aryl methyl sites for hydroxylation is 2. The summed E-state index contributed by atoms with van der Waals surface area (Å²) in [5.41, 5.74) is 6.92. The molecule has 0 aliphatic heterocycles. The molecule has 0 amide bonds. The average molecular weight is 265 g/mol. The summed E-state index contributed by atoms with van der Waals surface area (Å²) in [6, 6.07) is 12.7. The van der Waals surface area contributed by atoms with Crippen LogP contribution in [0.15, 0.2) is 36.4 Å². The van der Waals surface area contributed by atoms with Crippen LogP contribution in [0.5, 0.6) is 0 Å². The Hall–Kier alpha value is -2.29. The molecule has 0 fully saturated rings. The number of rotatable bonds is 2. The van der Waals surface area contributed by atoms with Crippen molar-refractivity contribution < 1.29 is 0 Å². The van der Waals surface area contributed by atoms with E-state index >= 15 is 0 Å². The van der Waals surface area contributed by atoms with Gasteiger partial charge < -0.3 is 9.88 Å². The molecule has 3 heteroatoms. The Morgan fingerprint density at radius 1 is 1.05 bits per heavy atom. The quantitative estimate of drug-likeness (QED) is 0.761. The van der Waals surface area contributed by atoms with Gasteiger partial charge in [-0.15, -0.1) is 0 Å². The monoisotopic (exact) mass is 265 g/mol. The summed E-state index contributed by atoms with van der Waals surface area (Å²) in [5.74, 6) is 0.928. The molecule has 0 bridgehead atoms. The van der Waals surface area contributed by atoms with Gasteiger partial charge in [0.1, 0.15) is 5.82 Å². The zero-order chi connectivity index (χ0) is 14.3. The van der Waals surface area contributed by atoms with Gasteiger partial charge in [-0.1, -0.05) is 18.2 Å². The summed E-state index contributed by atoms with van der Waals surface area (Å²) in [7, 11) is 4.09. The van der Waals surface area contributed by atoms with Gasteiger partial charge in [0.2, 0.25) is 0 Å². The predicted octanol–water partition coefficient (Wildman–Crippen LogP) is 3.91. The number of benzene rings is 2. The van der Waals surface area contributed by atoms with Crippen molar-refractivity contribution in [1.29, 1.82) is 0 Å². The zero-order valence-electron chi connectivity index (χ0n) is 12.4. The lowest BCUT2D eigenvalue weighted by atomic mass is 10.1.